The van der Waals surface area contributed by atoms with Crippen molar-refractivity contribution >= 4 is 39.2 Å². The van der Waals surface area contributed by atoms with Crippen LogP contribution >= 0.6 is 11.3 Å². The zero-order chi connectivity index (χ0) is 20.4. The van der Waals surface area contributed by atoms with Crippen molar-refractivity contribution in [1.82, 2.24) is 9.88 Å². The minimum atomic E-state index is -0.479. The van der Waals surface area contributed by atoms with Crippen LogP contribution in [0.2, 0.25) is 0 Å². The number of para-hydroxylation sites is 1. The summed E-state index contributed by atoms with van der Waals surface area (Å²) in [6.45, 7) is 0.667. The van der Waals surface area contributed by atoms with Crippen molar-refractivity contribution in [3.63, 3.8) is 0 Å². The third-order valence-corrected chi connectivity index (χ3v) is 5.45. The molecule has 148 valence electrons. The minimum absolute atomic E-state index is 0.0666. The van der Waals surface area contributed by atoms with E-state index in [0.29, 0.717) is 23.4 Å². The number of nitro benzene ring substituents is 1. The van der Waals surface area contributed by atoms with Gasteiger partial charge in [0, 0.05) is 36.4 Å². The Labute approximate surface area is 170 Å². The predicted octanol–water partition coefficient (Wildman–Crippen LogP) is 3.74. The molecule has 2 heterocycles. The third kappa shape index (κ3) is 4.10. The van der Waals surface area contributed by atoms with Crippen LogP contribution in [0.4, 0.5) is 5.69 Å². The molecule has 1 aromatic heterocycles. The van der Waals surface area contributed by atoms with E-state index in [1.807, 2.05) is 24.3 Å². The second-order valence-electron chi connectivity index (χ2n) is 6.49. The van der Waals surface area contributed by atoms with Gasteiger partial charge in [-0.3, -0.25) is 14.9 Å². The highest BCUT2D eigenvalue weighted by Crippen LogP contribution is 2.33. The number of carbonyl (C=O) groups excluding carboxylic acids is 1. The lowest BCUT2D eigenvalue weighted by Gasteiger charge is -2.19. The van der Waals surface area contributed by atoms with E-state index in [-0.39, 0.29) is 25.0 Å². The number of likely N-dealkylation sites (N-methyl/N-ethyl adjacent to an activating group) is 1. The van der Waals surface area contributed by atoms with Gasteiger partial charge < -0.3 is 14.4 Å². The van der Waals surface area contributed by atoms with Gasteiger partial charge in [0.2, 0.25) is 5.91 Å². The SMILES string of the molecule is CN(Cc1nc2ccccc2s1)C(=O)/C=C/c1cc([N+](=O)[O-])cc2c1OCOC2. The van der Waals surface area contributed by atoms with Crippen molar-refractivity contribution in [1.29, 1.82) is 0 Å². The van der Waals surface area contributed by atoms with Gasteiger partial charge in [-0.15, -0.1) is 11.3 Å². The van der Waals surface area contributed by atoms with Crippen LogP contribution in [0.1, 0.15) is 16.1 Å². The normalized spacial score (nSPS) is 13.3. The van der Waals surface area contributed by atoms with Crippen molar-refractivity contribution in [2.45, 2.75) is 13.2 Å². The van der Waals surface area contributed by atoms with E-state index in [2.05, 4.69) is 4.98 Å². The molecule has 1 aliphatic rings. The van der Waals surface area contributed by atoms with E-state index in [0.717, 1.165) is 15.2 Å². The monoisotopic (exact) mass is 411 g/mol. The second kappa shape index (κ2) is 7.98. The number of thiazole rings is 1. The highest BCUT2D eigenvalue weighted by molar-refractivity contribution is 7.18. The van der Waals surface area contributed by atoms with Crippen LogP contribution in [0.3, 0.4) is 0 Å². The number of ether oxygens (including phenoxy) is 2. The number of nitro groups is 1. The molecule has 9 heteroatoms. The first-order valence-electron chi connectivity index (χ1n) is 8.81. The van der Waals surface area contributed by atoms with Crippen LogP contribution in [0, 0.1) is 10.1 Å². The number of nitrogens with zero attached hydrogens (tertiary/aromatic N) is 3. The first-order chi connectivity index (χ1) is 14.0. The van der Waals surface area contributed by atoms with Gasteiger partial charge >= 0.3 is 0 Å². The van der Waals surface area contributed by atoms with E-state index in [1.165, 1.54) is 24.3 Å². The molecule has 0 N–H and O–H groups in total. The van der Waals surface area contributed by atoms with Gasteiger partial charge in [0.05, 0.1) is 28.3 Å². The summed E-state index contributed by atoms with van der Waals surface area (Å²) in [5, 5.41) is 12.0. The molecule has 4 rings (SSSR count). The summed E-state index contributed by atoms with van der Waals surface area (Å²) in [7, 11) is 1.69. The number of hydrogen-bond donors (Lipinski definition) is 0. The Bertz CT molecular complexity index is 1090. The summed E-state index contributed by atoms with van der Waals surface area (Å²) in [6.07, 6.45) is 2.92. The van der Waals surface area contributed by atoms with E-state index in [1.54, 1.807) is 23.3 Å². The Morgan fingerprint density at radius 2 is 2.21 bits per heavy atom. The van der Waals surface area contributed by atoms with Crippen LogP contribution in [-0.2, 0) is 22.7 Å². The van der Waals surface area contributed by atoms with E-state index in [9.17, 15) is 14.9 Å². The maximum Gasteiger partial charge on any atom is 0.270 e. The van der Waals surface area contributed by atoms with Crippen molar-refractivity contribution in [2.75, 3.05) is 13.8 Å². The standard InChI is InChI=1S/C20H17N3O5S/c1-22(10-18-21-16-4-2-3-5-17(16)29-18)19(24)7-6-13-8-15(23(25)26)9-14-11-27-12-28-20(13)14/h2-9H,10-12H2,1H3/b7-6+. The molecule has 0 bridgehead atoms. The summed E-state index contributed by atoms with van der Waals surface area (Å²) in [5.41, 5.74) is 1.89. The Morgan fingerprint density at radius 1 is 1.38 bits per heavy atom. The van der Waals surface area contributed by atoms with Crippen molar-refractivity contribution in [3.05, 3.63) is 68.7 Å². The summed E-state index contributed by atoms with van der Waals surface area (Å²) in [6, 6.07) is 10.6. The van der Waals surface area contributed by atoms with Gasteiger partial charge in [-0.05, 0) is 18.2 Å². The fourth-order valence-electron chi connectivity index (χ4n) is 3.02. The molecule has 0 unspecified atom stereocenters. The lowest BCUT2D eigenvalue weighted by molar-refractivity contribution is -0.385. The fourth-order valence-corrected chi connectivity index (χ4v) is 4.04. The highest BCUT2D eigenvalue weighted by atomic mass is 32.1. The molecule has 0 saturated heterocycles. The summed E-state index contributed by atoms with van der Waals surface area (Å²) in [5.74, 6) is 0.260. The number of amides is 1. The van der Waals surface area contributed by atoms with E-state index in [4.69, 9.17) is 9.47 Å². The Morgan fingerprint density at radius 3 is 3.00 bits per heavy atom. The topological polar surface area (TPSA) is 94.8 Å². The van der Waals surface area contributed by atoms with Crippen LogP contribution in [0.5, 0.6) is 5.75 Å². The number of aromatic nitrogens is 1. The number of fused-ring (bicyclic) bond motifs is 2. The number of carbonyl (C=O) groups is 1. The van der Waals surface area contributed by atoms with Gasteiger partial charge in [-0.25, -0.2) is 4.98 Å². The van der Waals surface area contributed by atoms with Gasteiger partial charge in [0.15, 0.2) is 6.79 Å². The molecule has 0 spiro atoms. The minimum Gasteiger partial charge on any atom is -0.467 e. The highest BCUT2D eigenvalue weighted by Gasteiger charge is 2.20. The number of rotatable bonds is 5. The Hall–Kier alpha value is -3.30. The van der Waals surface area contributed by atoms with Crippen LogP contribution in [-0.4, -0.2) is 34.6 Å². The molecular weight excluding hydrogens is 394 g/mol. The maximum atomic E-state index is 12.5. The van der Waals surface area contributed by atoms with Gasteiger partial charge in [0.25, 0.3) is 5.69 Å². The molecule has 0 radical (unpaired) electrons. The first kappa shape index (κ1) is 19.0. The summed E-state index contributed by atoms with van der Waals surface area (Å²) in [4.78, 5) is 29.3. The molecule has 0 aliphatic carbocycles. The number of non-ortho nitro benzene ring substituents is 1. The lowest BCUT2D eigenvalue weighted by Crippen LogP contribution is -2.24. The van der Waals surface area contributed by atoms with Crippen molar-refractivity contribution in [3.8, 4) is 5.75 Å². The van der Waals surface area contributed by atoms with Crippen molar-refractivity contribution in [2.24, 2.45) is 0 Å². The molecule has 0 saturated carbocycles. The maximum absolute atomic E-state index is 12.5. The molecule has 0 fully saturated rings. The van der Waals surface area contributed by atoms with Crippen LogP contribution < -0.4 is 4.74 Å². The van der Waals surface area contributed by atoms with Gasteiger partial charge in [-0.1, -0.05) is 12.1 Å². The molecule has 8 nitrogen and oxygen atoms in total. The van der Waals surface area contributed by atoms with Crippen molar-refractivity contribution < 1.29 is 19.2 Å². The van der Waals surface area contributed by atoms with E-state index < -0.39 is 4.92 Å². The van der Waals surface area contributed by atoms with Gasteiger partial charge in [0.1, 0.15) is 10.8 Å². The average Bonchev–Trinajstić information content (AvgIpc) is 3.13. The summed E-state index contributed by atoms with van der Waals surface area (Å²) >= 11 is 1.54. The van der Waals surface area contributed by atoms with Gasteiger partial charge in [-0.2, -0.15) is 0 Å². The first-order valence-corrected chi connectivity index (χ1v) is 9.62. The Kier molecular flexibility index (Phi) is 5.24. The third-order valence-electron chi connectivity index (χ3n) is 4.43. The van der Waals surface area contributed by atoms with E-state index >= 15 is 0 Å². The van der Waals surface area contributed by atoms with Crippen LogP contribution in [0.15, 0.2) is 42.5 Å². The largest absolute Gasteiger partial charge is 0.467 e. The van der Waals surface area contributed by atoms with Crippen LogP contribution in [0.25, 0.3) is 16.3 Å². The quantitative estimate of drug-likeness (QED) is 0.361. The molecular formula is C20H17N3O5S. The average molecular weight is 411 g/mol. The number of hydrogen-bond acceptors (Lipinski definition) is 7. The predicted molar refractivity (Wildman–Crippen MR) is 109 cm³/mol. The molecule has 29 heavy (non-hydrogen) atoms. The molecule has 3 aromatic rings. The molecule has 0 atom stereocenters. The molecule has 1 aliphatic heterocycles. The zero-order valence-corrected chi connectivity index (χ0v) is 16.3. The number of benzene rings is 2. The molecule has 2 aromatic carbocycles. The fraction of sp³-hybridized carbons (Fsp3) is 0.200. The second-order valence-corrected chi connectivity index (χ2v) is 7.61. The smallest absolute Gasteiger partial charge is 0.270 e. The lowest BCUT2D eigenvalue weighted by atomic mass is 10.1. The molecule has 1 amide bonds. The Balaban J connectivity index is 1.52. The summed E-state index contributed by atoms with van der Waals surface area (Å²) < 4.78 is 11.7. The zero-order valence-electron chi connectivity index (χ0n) is 15.5.